The van der Waals surface area contributed by atoms with Gasteiger partial charge in [-0.05, 0) is 19.8 Å². The SMILES string of the molecule is C/C=C/C[P@@](=O)(c1ccccc1)N1CCC[C@@H]1CBr. The van der Waals surface area contributed by atoms with E-state index in [-0.39, 0.29) is 0 Å². The Hall–Kier alpha value is -0.370. The molecule has 2 atom stereocenters. The van der Waals surface area contributed by atoms with Gasteiger partial charge in [0, 0.05) is 29.4 Å². The average Bonchev–Trinajstić information content (AvgIpc) is 2.95. The summed E-state index contributed by atoms with van der Waals surface area (Å²) in [6, 6.07) is 10.4. The molecule has 1 aliphatic heterocycles. The van der Waals surface area contributed by atoms with Crippen molar-refractivity contribution in [3.63, 3.8) is 0 Å². The maximum Gasteiger partial charge on any atom is 0.182 e. The Labute approximate surface area is 124 Å². The molecular formula is C15H21BrNOP. The maximum atomic E-state index is 13.6. The molecule has 0 bridgehead atoms. The van der Waals surface area contributed by atoms with Gasteiger partial charge in [0.15, 0.2) is 7.29 Å². The minimum absolute atomic E-state index is 0.399. The second-order valence-corrected chi connectivity index (χ2v) is 8.35. The molecule has 19 heavy (non-hydrogen) atoms. The van der Waals surface area contributed by atoms with Crippen LogP contribution >= 0.6 is 23.2 Å². The molecule has 0 saturated carbocycles. The predicted molar refractivity (Wildman–Crippen MR) is 86.9 cm³/mol. The van der Waals surface area contributed by atoms with Crippen LogP contribution < -0.4 is 5.30 Å². The van der Waals surface area contributed by atoms with Crippen LogP contribution in [0.4, 0.5) is 0 Å². The summed E-state index contributed by atoms with van der Waals surface area (Å²) in [4.78, 5) is 0. The van der Waals surface area contributed by atoms with Crippen LogP contribution in [-0.2, 0) is 4.57 Å². The van der Waals surface area contributed by atoms with Crippen LogP contribution in [0.2, 0.25) is 0 Å². The second kappa shape index (κ2) is 6.88. The van der Waals surface area contributed by atoms with Gasteiger partial charge in [-0.2, -0.15) is 0 Å². The molecule has 1 fully saturated rings. The lowest BCUT2D eigenvalue weighted by molar-refractivity contribution is 0.420. The summed E-state index contributed by atoms with van der Waals surface area (Å²) in [5, 5.41) is 1.89. The molecule has 4 heteroatoms. The Balaban J connectivity index is 2.37. The average molecular weight is 342 g/mol. The highest BCUT2D eigenvalue weighted by atomic mass is 79.9. The number of nitrogens with zero attached hydrogens (tertiary/aromatic N) is 1. The first-order valence-electron chi connectivity index (χ1n) is 6.81. The summed E-state index contributed by atoms with van der Waals surface area (Å²) in [5.41, 5.74) is 0. The molecule has 0 amide bonds. The Bertz CT molecular complexity index is 474. The van der Waals surface area contributed by atoms with Gasteiger partial charge in [0.2, 0.25) is 0 Å². The minimum atomic E-state index is -2.49. The third-order valence-corrected chi connectivity index (χ3v) is 7.60. The van der Waals surface area contributed by atoms with Gasteiger partial charge in [-0.25, -0.2) is 4.67 Å². The van der Waals surface area contributed by atoms with Gasteiger partial charge in [-0.15, -0.1) is 0 Å². The monoisotopic (exact) mass is 341 g/mol. The molecule has 2 rings (SSSR count). The molecule has 1 aliphatic rings. The lowest BCUT2D eigenvalue weighted by atomic mass is 10.3. The van der Waals surface area contributed by atoms with E-state index < -0.39 is 7.29 Å². The predicted octanol–water partition coefficient (Wildman–Crippen LogP) is 4.03. The second-order valence-electron chi connectivity index (χ2n) is 4.90. The first kappa shape index (κ1) is 15.0. The van der Waals surface area contributed by atoms with Gasteiger partial charge >= 0.3 is 0 Å². The van der Waals surface area contributed by atoms with E-state index in [4.69, 9.17) is 0 Å². The van der Waals surface area contributed by atoms with Gasteiger partial charge in [0.25, 0.3) is 0 Å². The number of halogens is 1. The quantitative estimate of drug-likeness (QED) is 0.458. The van der Waals surface area contributed by atoms with E-state index in [1.54, 1.807) is 0 Å². The smallest absolute Gasteiger partial charge is 0.182 e. The van der Waals surface area contributed by atoms with Gasteiger partial charge in [0.1, 0.15) is 0 Å². The summed E-state index contributed by atoms with van der Waals surface area (Å²) < 4.78 is 15.8. The van der Waals surface area contributed by atoms with E-state index in [1.807, 2.05) is 49.4 Å². The highest BCUT2D eigenvalue weighted by Gasteiger charge is 2.38. The van der Waals surface area contributed by atoms with Crippen LogP contribution in [-0.4, -0.2) is 28.7 Å². The summed E-state index contributed by atoms with van der Waals surface area (Å²) >= 11 is 3.57. The minimum Gasteiger partial charge on any atom is -0.301 e. The number of hydrogen-bond acceptors (Lipinski definition) is 1. The number of alkyl halides is 1. The fraction of sp³-hybridized carbons (Fsp3) is 0.467. The third kappa shape index (κ3) is 3.21. The summed E-state index contributed by atoms with van der Waals surface area (Å²) in [5.74, 6) is 0. The molecule has 1 saturated heterocycles. The summed E-state index contributed by atoms with van der Waals surface area (Å²) in [6.07, 6.45) is 6.95. The molecule has 0 radical (unpaired) electrons. The number of hydrogen-bond donors (Lipinski definition) is 0. The van der Waals surface area contributed by atoms with Crippen molar-refractivity contribution in [3.05, 3.63) is 42.5 Å². The molecule has 1 heterocycles. The van der Waals surface area contributed by atoms with E-state index >= 15 is 0 Å². The van der Waals surface area contributed by atoms with Crippen LogP contribution in [0.1, 0.15) is 19.8 Å². The zero-order valence-corrected chi connectivity index (χ0v) is 13.8. The van der Waals surface area contributed by atoms with E-state index in [1.165, 1.54) is 0 Å². The lowest BCUT2D eigenvalue weighted by Gasteiger charge is -2.32. The van der Waals surface area contributed by atoms with Crippen molar-refractivity contribution in [2.45, 2.75) is 25.8 Å². The molecule has 0 aromatic heterocycles. The van der Waals surface area contributed by atoms with Gasteiger partial charge in [-0.3, -0.25) is 0 Å². The lowest BCUT2D eigenvalue weighted by Crippen LogP contribution is -2.32. The first-order valence-corrected chi connectivity index (χ1v) is 9.78. The molecule has 104 valence electrons. The molecular weight excluding hydrogens is 321 g/mol. The molecule has 0 unspecified atom stereocenters. The number of rotatable bonds is 5. The number of allylic oxidation sites excluding steroid dienone is 2. The van der Waals surface area contributed by atoms with Crippen molar-refractivity contribution in [2.24, 2.45) is 0 Å². The van der Waals surface area contributed by atoms with E-state index in [2.05, 4.69) is 20.6 Å². The highest BCUT2D eigenvalue weighted by molar-refractivity contribution is 9.09. The summed E-state index contributed by atoms with van der Waals surface area (Å²) in [6.45, 7) is 2.93. The van der Waals surface area contributed by atoms with Crippen molar-refractivity contribution >= 4 is 28.5 Å². The van der Waals surface area contributed by atoms with Gasteiger partial charge < -0.3 is 4.57 Å². The molecule has 1 aromatic carbocycles. The molecule has 0 aliphatic carbocycles. The van der Waals surface area contributed by atoms with E-state index in [9.17, 15) is 4.57 Å². The van der Waals surface area contributed by atoms with Crippen molar-refractivity contribution < 1.29 is 4.57 Å². The Morgan fingerprint density at radius 2 is 2.16 bits per heavy atom. The standard InChI is InChI=1S/C15H21BrNOP/c1-2-3-12-19(18,15-9-5-4-6-10-15)17-11-7-8-14(17)13-16/h2-6,9-10,14H,7-8,11-13H2,1H3/b3-2+/t14-,19-/m1/s1. The fourth-order valence-corrected chi connectivity index (χ4v) is 6.61. The Morgan fingerprint density at radius 3 is 2.79 bits per heavy atom. The van der Waals surface area contributed by atoms with Crippen LogP contribution in [0.3, 0.4) is 0 Å². The number of benzene rings is 1. The Kier molecular flexibility index (Phi) is 5.44. The molecule has 2 nitrogen and oxygen atoms in total. The normalized spacial score (nSPS) is 23.8. The van der Waals surface area contributed by atoms with Crippen LogP contribution in [0, 0.1) is 0 Å². The van der Waals surface area contributed by atoms with Crippen molar-refractivity contribution in [1.82, 2.24) is 4.67 Å². The topological polar surface area (TPSA) is 20.3 Å². The van der Waals surface area contributed by atoms with Crippen LogP contribution in [0.25, 0.3) is 0 Å². The Morgan fingerprint density at radius 1 is 1.42 bits per heavy atom. The fourth-order valence-electron chi connectivity index (χ4n) is 2.67. The highest BCUT2D eigenvalue weighted by Crippen LogP contribution is 2.52. The van der Waals surface area contributed by atoms with Crippen molar-refractivity contribution in [2.75, 3.05) is 18.0 Å². The van der Waals surface area contributed by atoms with Gasteiger partial charge in [0.05, 0.1) is 0 Å². The van der Waals surface area contributed by atoms with Crippen molar-refractivity contribution in [3.8, 4) is 0 Å². The summed E-state index contributed by atoms with van der Waals surface area (Å²) in [7, 11) is -2.49. The van der Waals surface area contributed by atoms with Crippen molar-refractivity contribution in [1.29, 1.82) is 0 Å². The zero-order chi connectivity index (χ0) is 13.7. The third-order valence-electron chi connectivity index (χ3n) is 3.69. The van der Waals surface area contributed by atoms with E-state index in [0.717, 1.165) is 30.0 Å². The molecule has 0 spiro atoms. The first-order chi connectivity index (χ1) is 9.22. The van der Waals surface area contributed by atoms with Crippen LogP contribution in [0.15, 0.2) is 42.5 Å². The maximum absolute atomic E-state index is 13.6. The van der Waals surface area contributed by atoms with E-state index in [0.29, 0.717) is 12.2 Å². The zero-order valence-electron chi connectivity index (χ0n) is 11.3. The van der Waals surface area contributed by atoms with Gasteiger partial charge in [-0.1, -0.05) is 58.4 Å². The van der Waals surface area contributed by atoms with Crippen LogP contribution in [0.5, 0.6) is 0 Å². The largest absolute Gasteiger partial charge is 0.301 e. The molecule has 1 aromatic rings. The molecule has 0 N–H and O–H groups in total.